The van der Waals surface area contributed by atoms with E-state index >= 15 is 0 Å². The molecule has 6 aromatic carbocycles. The lowest BCUT2D eigenvalue weighted by Gasteiger charge is -2.08. The highest BCUT2D eigenvalue weighted by Gasteiger charge is 2.18. The maximum Gasteiger partial charge on any atom is 0.143 e. The summed E-state index contributed by atoms with van der Waals surface area (Å²) < 4.78 is 11.5. The van der Waals surface area contributed by atoms with Crippen LogP contribution in [0.15, 0.2) is 126 Å². The van der Waals surface area contributed by atoms with Gasteiger partial charge in [0.15, 0.2) is 0 Å². The van der Waals surface area contributed by atoms with Crippen LogP contribution in [0.1, 0.15) is 5.56 Å². The lowest BCUT2D eigenvalue weighted by Crippen LogP contribution is -1.93. The Morgan fingerprint density at radius 2 is 1.34 bits per heavy atom. The molecule has 9 rings (SSSR count). The quantitative estimate of drug-likeness (QED) is 0.219. The summed E-state index contributed by atoms with van der Waals surface area (Å²) in [6.07, 6.45) is 0. The second-order valence-corrected chi connectivity index (χ2v) is 11.5. The first-order chi connectivity index (χ1) is 20.3. The van der Waals surface area contributed by atoms with Crippen LogP contribution in [-0.2, 0) is 0 Å². The lowest BCUT2D eigenvalue weighted by molar-refractivity contribution is 0.670. The Morgan fingerprint density at radius 1 is 0.585 bits per heavy atom. The molecule has 0 saturated heterocycles. The maximum atomic E-state index is 9.52. The molecule has 0 spiro atoms. The van der Waals surface area contributed by atoms with Crippen LogP contribution in [0, 0.1) is 11.3 Å². The highest BCUT2D eigenvalue weighted by atomic mass is 32.1. The zero-order chi connectivity index (χ0) is 27.1. The van der Waals surface area contributed by atoms with E-state index in [1.165, 1.54) is 25.7 Å². The van der Waals surface area contributed by atoms with Crippen LogP contribution in [0.25, 0.3) is 80.7 Å². The molecule has 3 nitrogen and oxygen atoms in total. The SMILES string of the molecule is N#Cc1ccc2c(c1)c1ccccc1n2-c1ccc2oc3c(-c4cccc5c4sc4ccccc45)cccc3c2c1. The molecule has 0 aliphatic rings. The van der Waals surface area contributed by atoms with E-state index in [4.69, 9.17) is 4.42 Å². The number of hydrogen-bond acceptors (Lipinski definition) is 3. The molecule has 0 amide bonds. The fourth-order valence-corrected chi connectivity index (χ4v) is 7.65. The first-order valence-electron chi connectivity index (χ1n) is 13.6. The molecule has 41 heavy (non-hydrogen) atoms. The largest absolute Gasteiger partial charge is 0.455 e. The second kappa shape index (κ2) is 8.32. The van der Waals surface area contributed by atoms with Crippen molar-refractivity contribution in [3.63, 3.8) is 0 Å². The van der Waals surface area contributed by atoms with Crippen LogP contribution in [0.3, 0.4) is 0 Å². The summed E-state index contributed by atoms with van der Waals surface area (Å²) in [5, 5.41) is 16.5. The summed E-state index contributed by atoms with van der Waals surface area (Å²) in [6.45, 7) is 0. The predicted molar refractivity (Wildman–Crippen MR) is 171 cm³/mol. The van der Waals surface area contributed by atoms with Gasteiger partial charge in [0, 0.05) is 58.5 Å². The number of furan rings is 1. The monoisotopic (exact) mass is 540 g/mol. The van der Waals surface area contributed by atoms with Crippen molar-refractivity contribution in [1.29, 1.82) is 5.26 Å². The smallest absolute Gasteiger partial charge is 0.143 e. The molecule has 190 valence electrons. The third-order valence-corrected chi connectivity index (χ3v) is 9.45. The maximum absolute atomic E-state index is 9.52. The Balaban J connectivity index is 1.30. The van der Waals surface area contributed by atoms with Crippen molar-refractivity contribution in [2.45, 2.75) is 0 Å². The molecular formula is C37H20N2OS. The van der Waals surface area contributed by atoms with Gasteiger partial charge in [-0.25, -0.2) is 0 Å². The molecular weight excluding hydrogens is 520 g/mol. The number of benzene rings is 6. The summed E-state index contributed by atoms with van der Waals surface area (Å²) in [5.41, 5.74) is 8.00. The zero-order valence-corrected chi connectivity index (χ0v) is 22.6. The van der Waals surface area contributed by atoms with Crippen molar-refractivity contribution in [1.82, 2.24) is 4.57 Å². The van der Waals surface area contributed by atoms with Gasteiger partial charge in [0.1, 0.15) is 11.2 Å². The number of thiophene rings is 1. The summed E-state index contributed by atoms with van der Waals surface area (Å²) in [7, 11) is 0. The summed E-state index contributed by atoms with van der Waals surface area (Å²) >= 11 is 1.84. The van der Waals surface area contributed by atoms with Gasteiger partial charge < -0.3 is 8.98 Å². The number of nitriles is 1. The van der Waals surface area contributed by atoms with Crippen molar-refractivity contribution in [2.24, 2.45) is 0 Å². The highest BCUT2D eigenvalue weighted by molar-refractivity contribution is 7.26. The minimum atomic E-state index is 0.665. The summed E-state index contributed by atoms with van der Waals surface area (Å²) in [6, 6.07) is 44.7. The molecule has 0 bridgehead atoms. The van der Waals surface area contributed by atoms with E-state index in [9.17, 15) is 5.26 Å². The summed E-state index contributed by atoms with van der Waals surface area (Å²) in [5.74, 6) is 0. The normalized spacial score (nSPS) is 11.9. The molecule has 3 heterocycles. The molecule has 0 saturated carbocycles. The van der Waals surface area contributed by atoms with E-state index in [1.807, 2.05) is 23.5 Å². The van der Waals surface area contributed by atoms with E-state index in [-0.39, 0.29) is 0 Å². The van der Waals surface area contributed by atoms with Gasteiger partial charge >= 0.3 is 0 Å². The van der Waals surface area contributed by atoms with Gasteiger partial charge in [-0.2, -0.15) is 5.26 Å². The number of nitrogens with zero attached hydrogens (tertiary/aromatic N) is 2. The van der Waals surface area contributed by atoms with Gasteiger partial charge in [0.25, 0.3) is 0 Å². The average molecular weight is 541 g/mol. The summed E-state index contributed by atoms with van der Waals surface area (Å²) in [4.78, 5) is 0. The van der Waals surface area contributed by atoms with E-state index in [0.717, 1.165) is 55.0 Å². The molecule has 0 fully saturated rings. The van der Waals surface area contributed by atoms with Crippen molar-refractivity contribution in [3.8, 4) is 22.9 Å². The first kappa shape index (κ1) is 22.4. The molecule has 0 aliphatic heterocycles. The second-order valence-electron chi connectivity index (χ2n) is 10.4. The standard InChI is InChI=1S/C37H20N2OS/c38-21-22-15-17-33-30(19-22)24-7-1-3-13-32(24)39(33)23-16-18-34-31(20-23)27-10-5-9-26(36(27)40-34)29-12-6-11-28-25-8-2-4-14-35(25)41-37(28)29/h1-20H. The minimum absolute atomic E-state index is 0.665. The Bertz CT molecular complexity index is 2560. The average Bonchev–Trinajstić information content (AvgIpc) is 3.70. The van der Waals surface area contributed by atoms with Gasteiger partial charge in [-0.3, -0.25) is 0 Å². The molecule has 9 aromatic rings. The van der Waals surface area contributed by atoms with Crippen LogP contribution in [0.4, 0.5) is 0 Å². The van der Waals surface area contributed by atoms with E-state index in [1.54, 1.807) is 0 Å². The van der Waals surface area contributed by atoms with E-state index in [0.29, 0.717) is 5.56 Å². The minimum Gasteiger partial charge on any atom is -0.455 e. The Morgan fingerprint density at radius 3 is 2.24 bits per heavy atom. The third-order valence-electron chi connectivity index (χ3n) is 8.23. The topological polar surface area (TPSA) is 41.9 Å². The van der Waals surface area contributed by atoms with Crippen LogP contribution in [0.2, 0.25) is 0 Å². The third kappa shape index (κ3) is 3.12. The molecule has 0 unspecified atom stereocenters. The zero-order valence-electron chi connectivity index (χ0n) is 21.8. The van der Waals surface area contributed by atoms with Crippen molar-refractivity contribution < 1.29 is 4.42 Å². The van der Waals surface area contributed by atoms with E-state index < -0.39 is 0 Å². The van der Waals surface area contributed by atoms with Crippen molar-refractivity contribution in [3.05, 3.63) is 127 Å². The van der Waals surface area contributed by atoms with Crippen LogP contribution >= 0.6 is 11.3 Å². The molecule has 0 N–H and O–H groups in total. The van der Waals surface area contributed by atoms with Gasteiger partial charge in [0.05, 0.1) is 22.7 Å². The van der Waals surface area contributed by atoms with Gasteiger partial charge in [-0.05, 0) is 48.5 Å². The van der Waals surface area contributed by atoms with Crippen molar-refractivity contribution in [2.75, 3.05) is 0 Å². The number of aromatic nitrogens is 1. The first-order valence-corrected chi connectivity index (χ1v) is 14.4. The van der Waals surface area contributed by atoms with Gasteiger partial charge in [0.2, 0.25) is 0 Å². The number of rotatable bonds is 2. The molecule has 4 heteroatoms. The van der Waals surface area contributed by atoms with Crippen LogP contribution in [-0.4, -0.2) is 4.57 Å². The highest BCUT2D eigenvalue weighted by Crippen LogP contribution is 2.44. The Labute approximate surface area is 238 Å². The molecule has 0 radical (unpaired) electrons. The molecule has 0 aliphatic carbocycles. The van der Waals surface area contributed by atoms with Gasteiger partial charge in [-0.1, -0.05) is 72.8 Å². The van der Waals surface area contributed by atoms with E-state index in [2.05, 4.69) is 120 Å². The van der Waals surface area contributed by atoms with Crippen LogP contribution < -0.4 is 0 Å². The molecule has 3 aromatic heterocycles. The number of hydrogen-bond donors (Lipinski definition) is 0. The molecule has 0 atom stereocenters. The Kier molecular flexibility index (Phi) is 4.55. The predicted octanol–water partition coefficient (Wildman–Crippen LogP) is 10.6. The fourth-order valence-electron chi connectivity index (χ4n) is 6.42. The number of para-hydroxylation sites is 2. The number of fused-ring (bicyclic) bond motifs is 9. The van der Waals surface area contributed by atoms with Crippen LogP contribution in [0.5, 0.6) is 0 Å². The fraction of sp³-hybridized carbons (Fsp3) is 0. The van der Waals surface area contributed by atoms with Gasteiger partial charge in [-0.15, -0.1) is 11.3 Å². The Hall–Kier alpha value is -5.37. The van der Waals surface area contributed by atoms with Crippen molar-refractivity contribution >= 4 is 75.3 Å². The lowest BCUT2D eigenvalue weighted by atomic mass is 10.0.